The molecule has 0 aromatic rings. The van der Waals surface area contributed by atoms with Gasteiger partial charge < -0.3 is 4.90 Å². The number of hydrogen-bond donors (Lipinski definition) is 0. The third kappa shape index (κ3) is 18.9. The van der Waals surface area contributed by atoms with E-state index in [-0.39, 0.29) is 12.4 Å². The van der Waals surface area contributed by atoms with Gasteiger partial charge in [0.1, 0.15) is 0 Å². The van der Waals surface area contributed by atoms with Gasteiger partial charge in [0.05, 0.1) is 0 Å². The summed E-state index contributed by atoms with van der Waals surface area (Å²) in [6.07, 6.45) is 0. The molecule has 0 aliphatic carbocycles. The molecule has 77 valence electrons. The van der Waals surface area contributed by atoms with Crippen molar-refractivity contribution in [2.45, 2.75) is 20.8 Å². The fraction of sp³-hybridized carbons (Fsp3) is 1.00. The molecule has 0 aliphatic heterocycles. The van der Waals surface area contributed by atoms with E-state index in [0.29, 0.717) is 0 Å². The summed E-state index contributed by atoms with van der Waals surface area (Å²) >= 11 is 4.36. The van der Waals surface area contributed by atoms with Crippen LogP contribution in [0.4, 0.5) is 0 Å². The van der Waals surface area contributed by atoms with Crippen molar-refractivity contribution in [1.82, 2.24) is 4.90 Å². The Morgan fingerprint density at radius 2 is 1.18 bits per heavy atom. The second-order valence-corrected chi connectivity index (χ2v) is 9.61. The summed E-state index contributed by atoms with van der Waals surface area (Å²) in [5.74, 6) is 0. The van der Waals surface area contributed by atoms with Crippen LogP contribution in [-0.4, -0.2) is 24.5 Å². The van der Waals surface area contributed by atoms with Gasteiger partial charge in [-0.25, -0.2) is 0 Å². The summed E-state index contributed by atoms with van der Waals surface area (Å²) in [4.78, 5) is 2.38. The van der Waals surface area contributed by atoms with Crippen LogP contribution in [0.1, 0.15) is 20.8 Å². The second-order valence-electron chi connectivity index (χ2n) is 1.66. The van der Waals surface area contributed by atoms with Crippen LogP contribution < -0.4 is 0 Å². The van der Waals surface area contributed by atoms with Gasteiger partial charge in [-0.05, 0) is 19.6 Å². The molecule has 0 radical (unpaired) electrons. The monoisotopic (exact) mass is 454 g/mol. The van der Waals surface area contributed by atoms with Crippen molar-refractivity contribution in [3.8, 4) is 0 Å². The van der Waals surface area contributed by atoms with Gasteiger partial charge in [0.15, 0.2) is 0 Å². The van der Waals surface area contributed by atoms with Gasteiger partial charge >= 0.3 is 49.1 Å². The molecular weight excluding hydrogens is 439 g/mol. The van der Waals surface area contributed by atoms with Crippen molar-refractivity contribution >= 4 is 53.1 Å². The molecule has 0 rings (SSSR count). The first-order chi connectivity index (χ1) is 4.76. The fourth-order valence-electron chi connectivity index (χ4n) is 0.671. The summed E-state index contributed by atoms with van der Waals surface area (Å²) in [6, 6.07) is 0. The zero-order valence-corrected chi connectivity index (χ0v) is 13.1. The summed E-state index contributed by atoms with van der Waals surface area (Å²) in [7, 11) is 1.75. The Bertz CT molecular complexity index is 50.3. The predicted molar refractivity (Wildman–Crippen MR) is 68.8 cm³/mol. The average molecular weight is 455 g/mol. The summed E-state index contributed by atoms with van der Waals surface area (Å²) in [5, 5.41) is 0. The van der Waals surface area contributed by atoms with Gasteiger partial charge in [-0.1, -0.05) is 20.8 Å². The number of hydrogen-bond acceptors (Lipinski definition) is 1. The van der Waals surface area contributed by atoms with E-state index in [9.17, 15) is 0 Å². The van der Waals surface area contributed by atoms with Crippen LogP contribution in [-0.2, 0) is 8.46 Å². The molecule has 0 aromatic carbocycles. The van der Waals surface area contributed by atoms with Crippen LogP contribution in [0, 0.1) is 0 Å². The molecule has 0 spiro atoms. The van der Waals surface area contributed by atoms with E-state index in [1.165, 1.54) is 19.6 Å². The SMILES string of the molecule is CCN(CC)CC.Cl.[I][Cu][I]. The van der Waals surface area contributed by atoms with Gasteiger partial charge in [0.25, 0.3) is 0 Å². The second kappa shape index (κ2) is 18.1. The van der Waals surface area contributed by atoms with Gasteiger partial charge in [-0.3, -0.25) is 0 Å². The molecule has 0 saturated heterocycles. The first-order valence-electron chi connectivity index (χ1n) is 3.30. The maximum absolute atomic E-state index is 2.38. The van der Waals surface area contributed by atoms with Crippen LogP contribution in [0.3, 0.4) is 0 Å². The number of nitrogens with zero attached hydrogens (tertiary/aromatic N) is 1. The van der Waals surface area contributed by atoms with E-state index >= 15 is 0 Å². The average Bonchev–Trinajstić information content (AvgIpc) is 1.93. The normalized spacial score (nSPS) is 8.55. The maximum atomic E-state index is 2.38. The third-order valence-electron chi connectivity index (χ3n) is 1.34. The van der Waals surface area contributed by atoms with Gasteiger partial charge in [-0.15, -0.1) is 12.4 Å². The predicted octanol–water partition coefficient (Wildman–Crippen LogP) is 3.54. The number of rotatable bonds is 3. The Kier molecular flexibility index (Phi) is 31.1. The molecule has 0 N–H and O–H groups in total. The fourth-order valence-corrected chi connectivity index (χ4v) is 0.671. The molecule has 0 unspecified atom stereocenters. The Morgan fingerprint density at radius 3 is 1.18 bits per heavy atom. The van der Waals surface area contributed by atoms with E-state index in [1.807, 2.05) is 0 Å². The Balaban J connectivity index is -0.000000140. The standard InChI is InChI=1S/C6H15N.ClH.Cu.2HI/c1-4-7(5-2)6-3;;;;/h4-6H2,1-3H3;1H;;2*1H/q;;+2;;/p-2. The van der Waals surface area contributed by atoms with Crippen LogP contribution in [0.2, 0.25) is 0 Å². The van der Waals surface area contributed by atoms with Crippen LogP contribution >= 0.6 is 53.1 Å². The summed E-state index contributed by atoms with van der Waals surface area (Å²) < 4.78 is 0. The van der Waals surface area contributed by atoms with Crippen molar-refractivity contribution in [2.24, 2.45) is 0 Å². The van der Waals surface area contributed by atoms with E-state index in [1.54, 1.807) is 8.46 Å². The molecule has 0 bridgehead atoms. The van der Waals surface area contributed by atoms with Gasteiger partial charge in [0, 0.05) is 0 Å². The zero-order valence-electron chi connectivity index (χ0n) is 7.03. The van der Waals surface area contributed by atoms with E-state index in [0.717, 1.165) is 0 Å². The topological polar surface area (TPSA) is 3.24 Å². The molecule has 0 atom stereocenters. The molecule has 0 aromatic heterocycles. The van der Waals surface area contributed by atoms with Crippen LogP contribution in [0.15, 0.2) is 0 Å². The molecule has 0 fully saturated rings. The molecule has 11 heavy (non-hydrogen) atoms. The van der Waals surface area contributed by atoms with Gasteiger partial charge in [0.2, 0.25) is 0 Å². The van der Waals surface area contributed by atoms with Gasteiger partial charge in [-0.2, -0.15) is 0 Å². The Morgan fingerprint density at radius 1 is 1.00 bits per heavy atom. The van der Waals surface area contributed by atoms with Crippen LogP contribution in [0.25, 0.3) is 0 Å². The molecule has 0 saturated carbocycles. The zero-order chi connectivity index (χ0) is 8.41. The quantitative estimate of drug-likeness (QED) is 0.465. The van der Waals surface area contributed by atoms with Crippen molar-refractivity contribution in [3.63, 3.8) is 0 Å². The van der Waals surface area contributed by atoms with Crippen LogP contribution in [0.5, 0.6) is 0 Å². The molecule has 0 amide bonds. The van der Waals surface area contributed by atoms with Crippen molar-refractivity contribution in [2.75, 3.05) is 19.6 Å². The van der Waals surface area contributed by atoms with Crippen molar-refractivity contribution in [1.29, 1.82) is 0 Å². The third-order valence-corrected chi connectivity index (χ3v) is 1.34. The molecule has 5 heteroatoms. The van der Waals surface area contributed by atoms with E-state index < -0.39 is 0 Å². The molecular formula is C6H16ClCuI2N. The molecule has 1 nitrogen and oxygen atoms in total. The summed E-state index contributed by atoms with van der Waals surface area (Å²) in [6.45, 7) is 10.1. The van der Waals surface area contributed by atoms with E-state index in [2.05, 4.69) is 66.4 Å². The minimum atomic E-state index is 0. The van der Waals surface area contributed by atoms with Crippen molar-refractivity contribution < 1.29 is 8.46 Å². The van der Waals surface area contributed by atoms with Crippen molar-refractivity contribution in [3.05, 3.63) is 0 Å². The molecule has 0 aliphatic rings. The molecule has 0 heterocycles. The Hall–Kier alpha value is 2.23. The minimum absolute atomic E-state index is 0. The first kappa shape index (κ1) is 18.9. The van der Waals surface area contributed by atoms with E-state index in [4.69, 9.17) is 0 Å². The number of halogens is 3. The summed E-state index contributed by atoms with van der Waals surface area (Å²) in [5.41, 5.74) is 0. The Labute approximate surface area is 105 Å². The first-order valence-corrected chi connectivity index (χ1v) is 9.37.